The molecular weight excluding hydrogens is 172 g/mol. The van der Waals surface area contributed by atoms with Gasteiger partial charge in [0, 0.05) is 20.1 Å². The highest BCUT2D eigenvalue weighted by Gasteiger charge is 2.02. The lowest BCUT2D eigenvalue weighted by atomic mass is 10.5. The van der Waals surface area contributed by atoms with Crippen molar-refractivity contribution in [1.82, 2.24) is 10.2 Å². The van der Waals surface area contributed by atoms with Crippen molar-refractivity contribution in [2.24, 2.45) is 0 Å². The SMILES string of the molecule is CCN(C)C(=O)NCCCSC. The molecule has 0 aromatic carbocycles. The lowest BCUT2D eigenvalue weighted by molar-refractivity contribution is 0.211. The molecule has 0 saturated heterocycles. The summed E-state index contributed by atoms with van der Waals surface area (Å²) in [5.74, 6) is 1.11. The Morgan fingerprint density at radius 1 is 1.58 bits per heavy atom. The third-order valence-electron chi connectivity index (χ3n) is 1.62. The number of rotatable bonds is 5. The van der Waals surface area contributed by atoms with E-state index in [1.165, 1.54) is 0 Å². The lowest BCUT2D eigenvalue weighted by Gasteiger charge is -2.14. The fourth-order valence-electron chi connectivity index (χ4n) is 0.690. The van der Waals surface area contributed by atoms with Crippen LogP contribution in [0.2, 0.25) is 0 Å². The molecule has 0 aliphatic heterocycles. The summed E-state index contributed by atoms with van der Waals surface area (Å²) < 4.78 is 0. The van der Waals surface area contributed by atoms with E-state index in [2.05, 4.69) is 11.6 Å². The zero-order chi connectivity index (χ0) is 9.40. The van der Waals surface area contributed by atoms with Crippen LogP contribution in [0.1, 0.15) is 13.3 Å². The minimum absolute atomic E-state index is 0.0265. The van der Waals surface area contributed by atoms with E-state index in [1.54, 1.807) is 23.7 Å². The van der Waals surface area contributed by atoms with E-state index >= 15 is 0 Å². The van der Waals surface area contributed by atoms with Gasteiger partial charge in [-0.25, -0.2) is 4.79 Å². The summed E-state index contributed by atoms with van der Waals surface area (Å²) in [5.41, 5.74) is 0. The molecule has 0 unspecified atom stereocenters. The van der Waals surface area contributed by atoms with E-state index in [9.17, 15) is 4.79 Å². The van der Waals surface area contributed by atoms with E-state index in [-0.39, 0.29) is 6.03 Å². The summed E-state index contributed by atoms with van der Waals surface area (Å²) in [6, 6.07) is 0.0265. The van der Waals surface area contributed by atoms with Gasteiger partial charge in [0.2, 0.25) is 0 Å². The van der Waals surface area contributed by atoms with Crippen molar-refractivity contribution in [1.29, 1.82) is 0 Å². The van der Waals surface area contributed by atoms with Gasteiger partial charge in [0.05, 0.1) is 0 Å². The normalized spacial score (nSPS) is 9.58. The number of amides is 2. The van der Waals surface area contributed by atoms with Gasteiger partial charge in [0.15, 0.2) is 0 Å². The first-order chi connectivity index (χ1) is 5.72. The first-order valence-corrected chi connectivity index (χ1v) is 5.59. The number of nitrogens with one attached hydrogen (secondary N) is 1. The Hall–Kier alpha value is -0.380. The molecule has 0 fully saturated rings. The van der Waals surface area contributed by atoms with Crippen LogP contribution < -0.4 is 5.32 Å². The Morgan fingerprint density at radius 2 is 2.25 bits per heavy atom. The van der Waals surface area contributed by atoms with E-state index in [0.29, 0.717) is 0 Å². The molecule has 72 valence electrons. The van der Waals surface area contributed by atoms with E-state index in [4.69, 9.17) is 0 Å². The summed E-state index contributed by atoms with van der Waals surface area (Å²) in [6.07, 6.45) is 3.12. The van der Waals surface area contributed by atoms with Crippen LogP contribution in [-0.2, 0) is 0 Å². The molecule has 0 aliphatic rings. The van der Waals surface area contributed by atoms with Gasteiger partial charge in [0.25, 0.3) is 0 Å². The first-order valence-electron chi connectivity index (χ1n) is 4.20. The quantitative estimate of drug-likeness (QED) is 0.665. The highest BCUT2D eigenvalue weighted by molar-refractivity contribution is 7.98. The molecule has 0 aliphatic carbocycles. The van der Waals surface area contributed by atoms with Crippen molar-refractivity contribution in [3.05, 3.63) is 0 Å². The van der Waals surface area contributed by atoms with Crippen molar-refractivity contribution >= 4 is 17.8 Å². The maximum Gasteiger partial charge on any atom is 0.317 e. The molecule has 3 nitrogen and oxygen atoms in total. The van der Waals surface area contributed by atoms with Gasteiger partial charge in [0.1, 0.15) is 0 Å². The highest BCUT2D eigenvalue weighted by Crippen LogP contribution is 1.93. The van der Waals surface area contributed by atoms with Gasteiger partial charge in [-0.2, -0.15) is 11.8 Å². The predicted octanol–water partition coefficient (Wildman–Crippen LogP) is 1.40. The summed E-state index contributed by atoms with van der Waals surface area (Å²) in [4.78, 5) is 12.8. The van der Waals surface area contributed by atoms with Gasteiger partial charge in [-0.15, -0.1) is 0 Å². The number of thioether (sulfide) groups is 1. The monoisotopic (exact) mass is 190 g/mol. The van der Waals surface area contributed by atoms with Crippen LogP contribution in [0.3, 0.4) is 0 Å². The van der Waals surface area contributed by atoms with Crippen LogP contribution in [-0.4, -0.2) is 43.1 Å². The van der Waals surface area contributed by atoms with E-state index in [1.807, 2.05) is 6.92 Å². The number of hydrogen-bond donors (Lipinski definition) is 1. The average molecular weight is 190 g/mol. The summed E-state index contributed by atoms with van der Waals surface area (Å²) in [6.45, 7) is 3.50. The molecule has 0 aromatic rings. The molecule has 0 atom stereocenters. The molecular formula is C8H18N2OS. The maximum atomic E-state index is 11.1. The van der Waals surface area contributed by atoms with Crippen molar-refractivity contribution < 1.29 is 4.79 Å². The second-order valence-corrected chi connectivity index (χ2v) is 3.58. The largest absolute Gasteiger partial charge is 0.338 e. The number of carbonyl (C=O) groups excluding carboxylic acids is 1. The van der Waals surface area contributed by atoms with Gasteiger partial charge in [-0.05, 0) is 25.4 Å². The number of nitrogens with zero attached hydrogens (tertiary/aromatic N) is 1. The first kappa shape index (κ1) is 11.6. The molecule has 0 aromatic heterocycles. The van der Waals surface area contributed by atoms with E-state index < -0.39 is 0 Å². The molecule has 2 amide bonds. The minimum atomic E-state index is 0.0265. The summed E-state index contributed by atoms with van der Waals surface area (Å²) >= 11 is 1.80. The summed E-state index contributed by atoms with van der Waals surface area (Å²) in [7, 11) is 1.80. The van der Waals surface area contributed by atoms with Crippen LogP contribution >= 0.6 is 11.8 Å². The second-order valence-electron chi connectivity index (χ2n) is 2.59. The number of urea groups is 1. The van der Waals surface area contributed by atoms with Gasteiger partial charge < -0.3 is 10.2 Å². The van der Waals surface area contributed by atoms with Crippen LogP contribution in [0.25, 0.3) is 0 Å². The van der Waals surface area contributed by atoms with E-state index in [0.717, 1.165) is 25.3 Å². The van der Waals surface area contributed by atoms with Gasteiger partial charge in [-0.3, -0.25) is 0 Å². The minimum Gasteiger partial charge on any atom is -0.338 e. The fraction of sp³-hybridized carbons (Fsp3) is 0.875. The average Bonchev–Trinajstić information content (AvgIpc) is 2.10. The molecule has 12 heavy (non-hydrogen) atoms. The molecule has 0 spiro atoms. The zero-order valence-electron chi connectivity index (χ0n) is 8.09. The predicted molar refractivity (Wildman–Crippen MR) is 54.7 cm³/mol. The van der Waals surface area contributed by atoms with Crippen molar-refractivity contribution in [2.45, 2.75) is 13.3 Å². The third kappa shape index (κ3) is 5.29. The van der Waals surface area contributed by atoms with Gasteiger partial charge >= 0.3 is 6.03 Å². The highest BCUT2D eigenvalue weighted by atomic mass is 32.2. The molecule has 0 rings (SSSR count). The zero-order valence-corrected chi connectivity index (χ0v) is 8.91. The molecule has 0 bridgehead atoms. The smallest absolute Gasteiger partial charge is 0.317 e. The van der Waals surface area contributed by atoms with Crippen LogP contribution in [0.15, 0.2) is 0 Å². The molecule has 4 heteroatoms. The molecule has 1 N–H and O–H groups in total. The van der Waals surface area contributed by atoms with Crippen molar-refractivity contribution in [3.8, 4) is 0 Å². The topological polar surface area (TPSA) is 32.3 Å². The number of hydrogen-bond acceptors (Lipinski definition) is 2. The Kier molecular flexibility index (Phi) is 7.05. The van der Waals surface area contributed by atoms with Crippen LogP contribution in [0.5, 0.6) is 0 Å². The van der Waals surface area contributed by atoms with Crippen molar-refractivity contribution in [2.75, 3.05) is 32.1 Å². The standard InChI is InChI=1S/C8H18N2OS/c1-4-10(2)8(11)9-6-5-7-12-3/h4-7H2,1-3H3,(H,9,11). The number of carbonyl (C=O) groups is 1. The molecule has 0 saturated carbocycles. The Balaban J connectivity index is 3.31. The van der Waals surface area contributed by atoms with Crippen molar-refractivity contribution in [3.63, 3.8) is 0 Å². The maximum absolute atomic E-state index is 11.1. The summed E-state index contributed by atoms with van der Waals surface area (Å²) in [5, 5.41) is 2.84. The third-order valence-corrected chi connectivity index (χ3v) is 2.32. The Labute approximate surface area is 78.9 Å². The fourth-order valence-corrected chi connectivity index (χ4v) is 1.12. The Morgan fingerprint density at radius 3 is 2.75 bits per heavy atom. The Bertz CT molecular complexity index is 130. The molecule has 0 heterocycles. The molecule has 0 radical (unpaired) electrons. The lowest BCUT2D eigenvalue weighted by Crippen LogP contribution is -2.37. The van der Waals surface area contributed by atoms with Crippen LogP contribution in [0.4, 0.5) is 4.79 Å². The second kappa shape index (κ2) is 7.28. The van der Waals surface area contributed by atoms with Gasteiger partial charge in [-0.1, -0.05) is 0 Å². The van der Waals surface area contributed by atoms with Crippen LogP contribution in [0, 0.1) is 0 Å².